The summed E-state index contributed by atoms with van der Waals surface area (Å²) in [6, 6.07) is 4.84. The molecule has 0 unspecified atom stereocenters. The number of carbonyl (C=O) groups is 1. The van der Waals surface area contributed by atoms with E-state index in [1.165, 1.54) is 13.0 Å². The van der Waals surface area contributed by atoms with Gasteiger partial charge < -0.3 is 9.84 Å². The van der Waals surface area contributed by atoms with E-state index in [0.717, 1.165) is 0 Å². The summed E-state index contributed by atoms with van der Waals surface area (Å²) in [4.78, 5) is 10.5. The summed E-state index contributed by atoms with van der Waals surface area (Å²) in [7, 11) is 0. The number of rotatable bonds is 4. The lowest BCUT2D eigenvalue weighted by molar-refractivity contribution is -0.132. The van der Waals surface area contributed by atoms with Crippen LogP contribution >= 0.6 is 23.2 Å². The van der Waals surface area contributed by atoms with Crippen LogP contribution in [0, 0.1) is 0 Å². The second kappa shape index (κ2) is 5.77. The molecular weight excluding hydrogens is 251 g/mol. The molecule has 0 saturated heterocycles. The molecule has 1 aromatic rings. The van der Waals surface area contributed by atoms with Crippen LogP contribution < -0.4 is 4.74 Å². The number of halogens is 2. The van der Waals surface area contributed by atoms with Gasteiger partial charge in [0.2, 0.25) is 0 Å². The van der Waals surface area contributed by atoms with Gasteiger partial charge in [-0.15, -0.1) is 0 Å². The minimum absolute atomic E-state index is 0.137. The van der Waals surface area contributed by atoms with Gasteiger partial charge in [-0.3, -0.25) is 0 Å². The third kappa shape index (κ3) is 3.76. The van der Waals surface area contributed by atoms with E-state index in [9.17, 15) is 4.79 Å². The molecule has 0 aliphatic rings. The first-order chi connectivity index (χ1) is 7.50. The fourth-order valence-corrected chi connectivity index (χ4v) is 1.27. The van der Waals surface area contributed by atoms with Crippen molar-refractivity contribution in [1.29, 1.82) is 0 Å². The quantitative estimate of drug-likeness (QED) is 0.845. The van der Waals surface area contributed by atoms with Crippen LogP contribution in [0.3, 0.4) is 0 Å². The summed E-state index contributed by atoms with van der Waals surface area (Å²) in [5, 5.41) is 9.56. The average molecular weight is 261 g/mol. The van der Waals surface area contributed by atoms with E-state index in [1.807, 2.05) is 0 Å². The minimum Gasteiger partial charge on any atom is -0.488 e. The van der Waals surface area contributed by atoms with Crippen molar-refractivity contribution in [2.45, 2.75) is 6.92 Å². The molecule has 3 nitrogen and oxygen atoms in total. The highest BCUT2D eigenvalue weighted by atomic mass is 35.5. The Kier molecular flexibility index (Phi) is 4.65. The fourth-order valence-electron chi connectivity index (χ4n) is 0.932. The summed E-state index contributed by atoms with van der Waals surface area (Å²) in [5.74, 6) is -0.538. The highest BCUT2D eigenvalue weighted by Gasteiger charge is 2.02. The molecule has 0 heterocycles. The summed E-state index contributed by atoms with van der Waals surface area (Å²) < 4.78 is 5.28. The van der Waals surface area contributed by atoms with Crippen molar-refractivity contribution < 1.29 is 14.6 Å². The molecule has 0 aliphatic carbocycles. The van der Waals surface area contributed by atoms with Crippen LogP contribution in [-0.2, 0) is 4.79 Å². The van der Waals surface area contributed by atoms with Crippen LogP contribution in [0.15, 0.2) is 29.8 Å². The lowest BCUT2D eigenvalue weighted by atomic mass is 10.3. The first-order valence-electron chi connectivity index (χ1n) is 4.48. The Hall–Kier alpha value is -1.19. The molecule has 0 saturated carbocycles. The Morgan fingerprint density at radius 2 is 2.19 bits per heavy atom. The molecule has 0 spiro atoms. The van der Waals surface area contributed by atoms with Gasteiger partial charge in [-0.2, -0.15) is 0 Å². The van der Waals surface area contributed by atoms with Crippen LogP contribution in [0.2, 0.25) is 10.0 Å². The number of hydrogen-bond acceptors (Lipinski definition) is 2. The SMILES string of the molecule is CC(=CCOc1cc(Cl)ccc1Cl)C(=O)O. The van der Waals surface area contributed by atoms with Gasteiger partial charge >= 0.3 is 5.97 Å². The number of ether oxygens (including phenoxy) is 1. The maximum absolute atomic E-state index is 10.5. The fraction of sp³-hybridized carbons (Fsp3) is 0.182. The topological polar surface area (TPSA) is 46.5 Å². The standard InChI is InChI=1S/C11H10Cl2O3/c1-7(11(14)15)4-5-16-10-6-8(12)2-3-9(10)13/h2-4,6H,5H2,1H3,(H,14,15). The van der Waals surface area contributed by atoms with E-state index < -0.39 is 5.97 Å². The molecule has 0 bridgehead atoms. The average Bonchev–Trinajstić information content (AvgIpc) is 2.22. The molecular formula is C11H10Cl2O3. The molecule has 0 amide bonds. The summed E-state index contributed by atoms with van der Waals surface area (Å²) in [6.45, 7) is 1.63. The van der Waals surface area contributed by atoms with Crippen LogP contribution in [-0.4, -0.2) is 17.7 Å². The van der Waals surface area contributed by atoms with Gasteiger partial charge in [0.1, 0.15) is 12.4 Å². The zero-order chi connectivity index (χ0) is 12.1. The number of carboxylic acid groups (broad SMARTS) is 1. The maximum atomic E-state index is 10.5. The van der Waals surface area contributed by atoms with Gasteiger partial charge in [-0.1, -0.05) is 23.2 Å². The lowest BCUT2D eigenvalue weighted by Crippen LogP contribution is -2.00. The van der Waals surface area contributed by atoms with Crippen molar-refractivity contribution in [3.8, 4) is 5.75 Å². The van der Waals surface area contributed by atoms with Crippen LogP contribution in [0.4, 0.5) is 0 Å². The second-order valence-electron chi connectivity index (χ2n) is 3.08. The van der Waals surface area contributed by atoms with Crippen molar-refractivity contribution in [1.82, 2.24) is 0 Å². The molecule has 0 radical (unpaired) electrons. The van der Waals surface area contributed by atoms with Gasteiger partial charge in [0, 0.05) is 16.7 Å². The Bertz CT molecular complexity index is 427. The Labute approximate surface area is 103 Å². The smallest absolute Gasteiger partial charge is 0.331 e. The molecule has 5 heteroatoms. The third-order valence-corrected chi connectivity index (χ3v) is 2.41. The molecule has 0 fully saturated rings. The summed E-state index contributed by atoms with van der Waals surface area (Å²) in [6.07, 6.45) is 1.46. The largest absolute Gasteiger partial charge is 0.488 e. The molecule has 0 aliphatic heterocycles. The normalized spacial score (nSPS) is 11.3. The summed E-state index contributed by atoms with van der Waals surface area (Å²) in [5.41, 5.74) is 0.221. The van der Waals surface area contributed by atoms with E-state index >= 15 is 0 Å². The number of aliphatic carboxylic acids is 1. The summed E-state index contributed by atoms with van der Waals surface area (Å²) >= 11 is 11.6. The molecule has 16 heavy (non-hydrogen) atoms. The van der Waals surface area contributed by atoms with Gasteiger partial charge in [0.05, 0.1) is 5.02 Å². The number of benzene rings is 1. The molecule has 1 rings (SSSR count). The van der Waals surface area contributed by atoms with Crippen molar-refractivity contribution in [3.05, 3.63) is 39.9 Å². The van der Waals surface area contributed by atoms with Gasteiger partial charge in [0.15, 0.2) is 0 Å². The van der Waals surface area contributed by atoms with Crippen LogP contribution in [0.25, 0.3) is 0 Å². The van der Waals surface area contributed by atoms with Crippen LogP contribution in [0.5, 0.6) is 5.75 Å². The van der Waals surface area contributed by atoms with E-state index in [1.54, 1.807) is 18.2 Å². The molecule has 0 atom stereocenters. The highest BCUT2D eigenvalue weighted by Crippen LogP contribution is 2.27. The van der Waals surface area contributed by atoms with E-state index in [2.05, 4.69) is 0 Å². The third-order valence-electron chi connectivity index (χ3n) is 1.86. The van der Waals surface area contributed by atoms with Gasteiger partial charge in [0.25, 0.3) is 0 Å². The number of carboxylic acids is 1. The van der Waals surface area contributed by atoms with Crippen molar-refractivity contribution in [2.24, 2.45) is 0 Å². The van der Waals surface area contributed by atoms with Crippen molar-refractivity contribution >= 4 is 29.2 Å². The molecule has 1 N–H and O–H groups in total. The maximum Gasteiger partial charge on any atom is 0.331 e. The molecule has 86 valence electrons. The Morgan fingerprint density at radius 1 is 1.50 bits per heavy atom. The molecule has 0 aromatic heterocycles. The number of hydrogen-bond donors (Lipinski definition) is 1. The highest BCUT2D eigenvalue weighted by molar-refractivity contribution is 6.34. The Morgan fingerprint density at radius 3 is 2.81 bits per heavy atom. The predicted molar refractivity (Wildman–Crippen MR) is 63.3 cm³/mol. The second-order valence-corrected chi connectivity index (χ2v) is 3.92. The first kappa shape index (κ1) is 12.9. The van der Waals surface area contributed by atoms with E-state index in [4.69, 9.17) is 33.0 Å². The Balaban J connectivity index is 2.65. The lowest BCUT2D eigenvalue weighted by Gasteiger charge is -2.06. The van der Waals surface area contributed by atoms with Gasteiger partial charge in [-0.25, -0.2) is 4.79 Å². The predicted octanol–water partition coefficient (Wildman–Crippen LogP) is 3.40. The van der Waals surface area contributed by atoms with Gasteiger partial charge in [-0.05, 0) is 25.1 Å². The van der Waals surface area contributed by atoms with E-state index in [0.29, 0.717) is 15.8 Å². The zero-order valence-electron chi connectivity index (χ0n) is 8.54. The zero-order valence-corrected chi connectivity index (χ0v) is 10.0. The monoisotopic (exact) mass is 260 g/mol. The molecule has 1 aromatic carbocycles. The first-order valence-corrected chi connectivity index (χ1v) is 5.24. The van der Waals surface area contributed by atoms with E-state index in [-0.39, 0.29) is 12.2 Å². The minimum atomic E-state index is -0.971. The van der Waals surface area contributed by atoms with Crippen LogP contribution in [0.1, 0.15) is 6.92 Å². The van der Waals surface area contributed by atoms with Crippen molar-refractivity contribution in [3.63, 3.8) is 0 Å². The van der Waals surface area contributed by atoms with Crippen molar-refractivity contribution in [2.75, 3.05) is 6.61 Å².